The summed E-state index contributed by atoms with van der Waals surface area (Å²) < 4.78 is 7.58. The summed E-state index contributed by atoms with van der Waals surface area (Å²) in [6, 6.07) is 5.83. The number of ether oxygens (including phenoxy) is 1. The van der Waals surface area contributed by atoms with Crippen molar-refractivity contribution in [2.24, 2.45) is 5.92 Å². The average molecular weight is 817 g/mol. The maximum absolute atomic E-state index is 5.49. The van der Waals surface area contributed by atoms with Gasteiger partial charge in [-0.25, -0.2) is 4.98 Å². The van der Waals surface area contributed by atoms with E-state index in [0.717, 1.165) is 54.5 Å². The first-order chi connectivity index (χ1) is 27.4. The number of fused-ring (bicyclic) bond motifs is 2. The monoisotopic (exact) mass is 817 g/mol. The third-order valence-electron chi connectivity index (χ3n) is 13.3. The zero-order valence-corrected chi connectivity index (χ0v) is 41.6. The molecule has 0 aliphatic carbocycles. The molecule has 7 heterocycles. The minimum absolute atomic E-state index is 0.534. The van der Waals surface area contributed by atoms with E-state index in [1.54, 1.807) is 0 Å². The van der Waals surface area contributed by atoms with Crippen LogP contribution in [0.1, 0.15) is 166 Å². The van der Waals surface area contributed by atoms with Crippen molar-refractivity contribution in [3.63, 3.8) is 0 Å². The highest BCUT2D eigenvalue weighted by molar-refractivity contribution is 4.93. The number of nitrogens with zero attached hydrogens (tertiary/aromatic N) is 8. The van der Waals surface area contributed by atoms with Gasteiger partial charge in [0.25, 0.3) is 0 Å². The van der Waals surface area contributed by atoms with Crippen molar-refractivity contribution >= 4 is 0 Å². The average Bonchev–Trinajstić information content (AvgIpc) is 4.03. The molecule has 0 radical (unpaired) electrons. The zero-order chi connectivity index (χ0) is 43.4. The second-order valence-electron chi connectivity index (χ2n) is 20.4. The Hall–Kier alpha value is -1.07. The molecule has 0 spiro atoms. The van der Waals surface area contributed by atoms with Gasteiger partial charge in [0, 0.05) is 67.6 Å². The Kier molecular flexibility index (Phi) is 26.1. The molecule has 1 aromatic heterocycles. The summed E-state index contributed by atoms with van der Waals surface area (Å²) in [6.07, 6.45) is 18.4. The predicted molar refractivity (Wildman–Crippen MR) is 252 cm³/mol. The number of hydrogen-bond acceptors (Lipinski definition) is 8. The molecule has 9 heteroatoms. The van der Waals surface area contributed by atoms with Crippen molar-refractivity contribution in [1.82, 2.24) is 39.0 Å². The van der Waals surface area contributed by atoms with Gasteiger partial charge >= 0.3 is 0 Å². The normalized spacial score (nSPS) is 25.0. The molecule has 58 heavy (non-hydrogen) atoms. The smallest absolute Gasteiger partial charge is 0.0951 e. The molecule has 3 unspecified atom stereocenters. The van der Waals surface area contributed by atoms with Crippen LogP contribution in [0.2, 0.25) is 0 Å². The molecule has 0 amide bonds. The molecule has 1 aromatic rings. The van der Waals surface area contributed by atoms with E-state index < -0.39 is 0 Å². The van der Waals surface area contributed by atoms with Crippen LogP contribution in [0.3, 0.4) is 0 Å². The molecule has 6 saturated heterocycles. The summed E-state index contributed by atoms with van der Waals surface area (Å²) in [5.41, 5.74) is 1.09. The van der Waals surface area contributed by atoms with Crippen molar-refractivity contribution in [3.05, 3.63) is 18.2 Å². The van der Waals surface area contributed by atoms with Crippen LogP contribution in [0.25, 0.3) is 0 Å². The van der Waals surface area contributed by atoms with Crippen LogP contribution in [0.15, 0.2) is 12.5 Å². The molecule has 0 aromatic carbocycles. The standard InChI is InChI=1S/C10H22N2.C8H15NO.3C8H17N.C7H12N2/c1-9(2)12-7-5-10(6-8-12)11(3)4;1-6(2)9-4-8-3-7(9)5-10-8;1-7(2)9-5-4-8(3)6-9;2*1-8(2)9-6-4-3-5-7-9;1-6(2)9-4-7(3)8-5-9/h9-10H,5-8H2,1-4H3;6-8H,3-5H2,1-2H3;7-8H,4-6H2,1-3H3;2*8H,3-7H2,1-2H3;4-6H,1-3H3. The Labute approximate surface area is 362 Å². The van der Waals surface area contributed by atoms with E-state index >= 15 is 0 Å². The number of morpholine rings is 1. The first-order valence-corrected chi connectivity index (χ1v) is 24.4. The Morgan fingerprint density at radius 2 is 1.05 bits per heavy atom. The largest absolute Gasteiger partial charge is 0.375 e. The van der Waals surface area contributed by atoms with Crippen LogP contribution < -0.4 is 0 Å². The molecule has 2 bridgehead atoms. The molecule has 7 rings (SSSR count). The Bertz CT molecular complexity index is 1080. The van der Waals surface area contributed by atoms with Crippen molar-refractivity contribution in [3.8, 4) is 0 Å². The number of aromatic nitrogens is 2. The van der Waals surface area contributed by atoms with Crippen LogP contribution in [0.5, 0.6) is 0 Å². The quantitative estimate of drug-likeness (QED) is 0.270. The maximum atomic E-state index is 5.49. The van der Waals surface area contributed by atoms with Crippen molar-refractivity contribution in [2.75, 3.05) is 79.6 Å². The van der Waals surface area contributed by atoms with Gasteiger partial charge in [-0.3, -0.25) is 4.90 Å². The number of imidazole rings is 1. The van der Waals surface area contributed by atoms with Crippen LogP contribution in [-0.2, 0) is 4.74 Å². The number of likely N-dealkylation sites (tertiary alicyclic amines) is 5. The highest BCUT2D eigenvalue weighted by Gasteiger charge is 2.39. The van der Waals surface area contributed by atoms with Crippen molar-refractivity contribution < 1.29 is 4.74 Å². The first-order valence-electron chi connectivity index (χ1n) is 24.4. The van der Waals surface area contributed by atoms with Gasteiger partial charge in [0.15, 0.2) is 0 Å². The Morgan fingerprint density at radius 3 is 1.29 bits per heavy atom. The summed E-state index contributed by atoms with van der Waals surface area (Å²) in [5.74, 6) is 0.937. The lowest BCUT2D eigenvalue weighted by Crippen LogP contribution is -2.44. The van der Waals surface area contributed by atoms with Gasteiger partial charge in [-0.15, -0.1) is 0 Å². The number of rotatable bonds is 7. The van der Waals surface area contributed by atoms with Gasteiger partial charge in [0.05, 0.1) is 24.7 Å². The molecular weight excluding hydrogens is 717 g/mol. The summed E-state index contributed by atoms with van der Waals surface area (Å²) in [4.78, 5) is 19.2. The lowest BCUT2D eigenvalue weighted by atomic mass is 10.0. The fourth-order valence-electron chi connectivity index (χ4n) is 9.01. The number of piperidine rings is 3. The zero-order valence-electron chi connectivity index (χ0n) is 41.6. The van der Waals surface area contributed by atoms with E-state index in [9.17, 15) is 0 Å². The van der Waals surface area contributed by atoms with E-state index in [1.165, 1.54) is 123 Å². The molecule has 0 N–H and O–H groups in total. The SMILES string of the molecule is CC(C)N1CC2CC1CO2.CC(C)N1CCC(N(C)C)CC1.CC(C)N1CCCCC1.CC(C)N1CCCCC1.CC1CCN(C(C)C)C1.Cc1cn(C(C)C)cn1. The third kappa shape index (κ3) is 20.7. The predicted octanol–water partition coefficient (Wildman–Crippen LogP) is 9.56. The number of hydrogen-bond donors (Lipinski definition) is 0. The molecule has 3 atom stereocenters. The van der Waals surface area contributed by atoms with Gasteiger partial charge in [0.2, 0.25) is 0 Å². The van der Waals surface area contributed by atoms with Crippen LogP contribution in [0.4, 0.5) is 0 Å². The molecule has 6 aliphatic rings. The Balaban J connectivity index is 0.000000241. The van der Waals surface area contributed by atoms with E-state index in [0.29, 0.717) is 18.2 Å². The summed E-state index contributed by atoms with van der Waals surface area (Å²) >= 11 is 0. The van der Waals surface area contributed by atoms with Crippen LogP contribution in [0, 0.1) is 12.8 Å². The maximum Gasteiger partial charge on any atom is 0.0951 e. The third-order valence-corrected chi connectivity index (χ3v) is 13.3. The molecular formula is C49H100N8O. The van der Waals surface area contributed by atoms with Gasteiger partial charge in [0.1, 0.15) is 0 Å². The minimum atomic E-state index is 0.534. The first kappa shape index (κ1) is 53.1. The van der Waals surface area contributed by atoms with Gasteiger partial charge in [-0.2, -0.15) is 0 Å². The molecule has 6 aliphatic heterocycles. The molecule has 0 saturated carbocycles. The summed E-state index contributed by atoms with van der Waals surface area (Å²) in [7, 11) is 4.38. The summed E-state index contributed by atoms with van der Waals surface area (Å²) in [6.45, 7) is 44.1. The van der Waals surface area contributed by atoms with E-state index in [-0.39, 0.29) is 0 Å². The van der Waals surface area contributed by atoms with E-state index in [4.69, 9.17) is 4.74 Å². The van der Waals surface area contributed by atoms with Gasteiger partial charge < -0.3 is 33.8 Å². The van der Waals surface area contributed by atoms with E-state index in [1.807, 2.05) is 19.4 Å². The second-order valence-corrected chi connectivity index (χ2v) is 20.4. The lowest BCUT2D eigenvalue weighted by molar-refractivity contribution is 0.0179. The molecule has 9 nitrogen and oxygen atoms in total. The molecule has 342 valence electrons. The summed E-state index contributed by atoms with van der Waals surface area (Å²) in [5, 5.41) is 0. The highest BCUT2D eigenvalue weighted by atomic mass is 16.5. The van der Waals surface area contributed by atoms with Crippen LogP contribution >= 0.6 is 0 Å². The molecule has 6 fully saturated rings. The van der Waals surface area contributed by atoms with Gasteiger partial charge in [-0.1, -0.05) is 19.8 Å². The van der Waals surface area contributed by atoms with Crippen molar-refractivity contribution in [2.45, 2.75) is 216 Å². The van der Waals surface area contributed by atoms with E-state index in [2.05, 4.69) is 143 Å². The Morgan fingerprint density at radius 1 is 0.586 bits per heavy atom. The van der Waals surface area contributed by atoms with Crippen LogP contribution in [-0.4, -0.2) is 167 Å². The minimum Gasteiger partial charge on any atom is -0.375 e. The van der Waals surface area contributed by atoms with Gasteiger partial charge in [-0.05, 0) is 207 Å². The second kappa shape index (κ2) is 28.5. The lowest BCUT2D eigenvalue weighted by Gasteiger charge is -2.37. The number of aryl methyl sites for hydroxylation is 1. The fourth-order valence-corrected chi connectivity index (χ4v) is 9.01. The van der Waals surface area contributed by atoms with Crippen molar-refractivity contribution in [1.29, 1.82) is 0 Å². The highest BCUT2D eigenvalue weighted by Crippen LogP contribution is 2.29. The fraction of sp³-hybridized carbons (Fsp3) is 0.939. The topological polar surface area (TPSA) is 46.5 Å².